The van der Waals surface area contributed by atoms with Gasteiger partial charge in [0.15, 0.2) is 0 Å². The number of allylic oxidation sites excluding steroid dienone is 4. The van der Waals surface area contributed by atoms with E-state index < -0.39 is 11.9 Å². The number of carbonyl (C=O) groups is 2. The van der Waals surface area contributed by atoms with Crippen LogP contribution in [0.5, 0.6) is 0 Å². The van der Waals surface area contributed by atoms with E-state index >= 15 is 0 Å². The van der Waals surface area contributed by atoms with Gasteiger partial charge in [-0.3, -0.25) is 9.59 Å². The SMILES string of the molecule is CCCCC/C=C\CCC(=O)O.CCCCCC=CCCC(=O)O. The van der Waals surface area contributed by atoms with Crippen LogP contribution in [-0.2, 0) is 9.59 Å². The summed E-state index contributed by atoms with van der Waals surface area (Å²) < 4.78 is 0. The van der Waals surface area contributed by atoms with Gasteiger partial charge >= 0.3 is 11.9 Å². The zero-order valence-corrected chi connectivity index (χ0v) is 15.5. The fraction of sp³-hybridized carbons (Fsp3) is 0.700. The molecular formula is C20H36O4. The first kappa shape index (κ1) is 24.7. The molecule has 4 heteroatoms. The molecule has 0 fully saturated rings. The van der Waals surface area contributed by atoms with Crippen molar-refractivity contribution in [1.82, 2.24) is 0 Å². The number of hydrogen-bond acceptors (Lipinski definition) is 2. The molecule has 0 amide bonds. The lowest BCUT2D eigenvalue weighted by Gasteiger charge is -1.91. The molecule has 2 N–H and O–H groups in total. The van der Waals surface area contributed by atoms with E-state index in [2.05, 4.69) is 26.0 Å². The smallest absolute Gasteiger partial charge is 0.303 e. The molecule has 0 unspecified atom stereocenters. The van der Waals surface area contributed by atoms with Crippen LogP contribution in [0.15, 0.2) is 24.3 Å². The number of carboxylic acid groups (broad SMARTS) is 2. The van der Waals surface area contributed by atoms with Crippen molar-refractivity contribution in [1.29, 1.82) is 0 Å². The fourth-order valence-corrected chi connectivity index (χ4v) is 1.91. The minimum absolute atomic E-state index is 0.254. The molecule has 0 spiro atoms. The van der Waals surface area contributed by atoms with Crippen LogP contribution in [0.1, 0.15) is 90.9 Å². The van der Waals surface area contributed by atoms with E-state index in [1.165, 1.54) is 38.5 Å². The van der Waals surface area contributed by atoms with Crippen molar-refractivity contribution < 1.29 is 19.8 Å². The molecule has 0 aliphatic rings. The summed E-state index contributed by atoms with van der Waals surface area (Å²) in [6.45, 7) is 4.35. The fourth-order valence-electron chi connectivity index (χ4n) is 1.91. The van der Waals surface area contributed by atoms with Gasteiger partial charge in [-0.1, -0.05) is 63.8 Å². The quantitative estimate of drug-likeness (QED) is 0.301. The molecule has 0 saturated heterocycles. The van der Waals surface area contributed by atoms with Crippen LogP contribution in [0.4, 0.5) is 0 Å². The van der Waals surface area contributed by atoms with Crippen LogP contribution in [0.3, 0.4) is 0 Å². The maximum absolute atomic E-state index is 10.1. The van der Waals surface area contributed by atoms with Gasteiger partial charge in [-0.05, 0) is 38.5 Å². The molecule has 140 valence electrons. The number of carboxylic acids is 2. The van der Waals surface area contributed by atoms with E-state index in [1.54, 1.807) is 0 Å². The number of hydrogen-bond donors (Lipinski definition) is 2. The third-order valence-electron chi connectivity index (χ3n) is 3.33. The van der Waals surface area contributed by atoms with Crippen LogP contribution >= 0.6 is 0 Å². The monoisotopic (exact) mass is 340 g/mol. The zero-order chi connectivity index (χ0) is 18.5. The number of aliphatic carboxylic acids is 2. The van der Waals surface area contributed by atoms with Gasteiger partial charge in [0.05, 0.1) is 0 Å². The van der Waals surface area contributed by atoms with E-state index in [0.717, 1.165) is 12.8 Å². The predicted octanol–water partition coefficient (Wildman–Crippen LogP) is 5.98. The summed E-state index contributed by atoms with van der Waals surface area (Å²) in [7, 11) is 0. The lowest BCUT2D eigenvalue weighted by atomic mass is 10.2. The molecular weight excluding hydrogens is 304 g/mol. The Balaban J connectivity index is 0. The second kappa shape index (κ2) is 21.4. The molecule has 4 nitrogen and oxygen atoms in total. The highest BCUT2D eigenvalue weighted by atomic mass is 16.4. The van der Waals surface area contributed by atoms with E-state index in [-0.39, 0.29) is 12.8 Å². The third-order valence-corrected chi connectivity index (χ3v) is 3.33. The van der Waals surface area contributed by atoms with Gasteiger partial charge in [-0.2, -0.15) is 0 Å². The molecule has 0 rings (SSSR count). The molecule has 0 bridgehead atoms. The Morgan fingerprint density at radius 3 is 1.25 bits per heavy atom. The van der Waals surface area contributed by atoms with E-state index in [9.17, 15) is 9.59 Å². The molecule has 0 aromatic heterocycles. The lowest BCUT2D eigenvalue weighted by Crippen LogP contribution is -1.91. The summed E-state index contributed by atoms with van der Waals surface area (Å²) in [5, 5.41) is 16.6. The van der Waals surface area contributed by atoms with Crippen molar-refractivity contribution in [3.63, 3.8) is 0 Å². The van der Waals surface area contributed by atoms with Crippen molar-refractivity contribution in [3.05, 3.63) is 24.3 Å². The van der Waals surface area contributed by atoms with E-state index in [0.29, 0.717) is 12.8 Å². The van der Waals surface area contributed by atoms with Gasteiger partial charge in [0.1, 0.15) is 0 Å². The van der Waals surface area contributed by atoms with Gasteiger partial charge in [0.25, 0.3) is 0 Å². The van der Waals surface area contributed by atoms with Crippen LogP contribution in [-0.4, -0.2) is 22.2 Å². The van der Waals surface area contributed by atoms with Crippen molar-refractivity contribution in [2.45, 2.75) is 90.9 Å². The van der Waals surface area contributed by atoms with Gasteiger partial charge in [-0.25, -0.2) is 0 Å². The van der Waals surface area contributed by atoms with Crippen LogP contribution in [0, 0.1) is 0 Å². The molecule has 0 aromatic carbocycles. The second-order valence-electron chi connectivity index (χ2n) is 5.80. The average molecular weight is 341 g/mol. The summed E-state index contributed by atoms with van der Waals surface area (Å²) in [6.07, 6.45) is 19.6. The Morgan fingerprint density at radius 1 is 0.625 bits per heavy atom. The number of unbranched alkanes of at least 4 members (excludes halogenated alkanes) is 6. The molecule has 24 heavy (non-hydrogen) atoms. The summed E-state index contributed by atoms with van der Waals surface area (Å²) in [5.41, 5.74) is 0. The maximum Gasteiger partial charge on any atom is 0.303 e. The summed E-state index contributed by atoms with van der Waals surface area (Å²) in [5.74, 6) is -1.43. The topological polar surface area (TPSA) is 74.6 Å². The van der Waals surface area contributed by atoms with Gasteiger partial charge in [0, 0.05) is 12.8 Å². The first-order chi connectivity index (χ1) is 11.5. The molecule has 0 aromatic rings. The van der Waals surface area contributed by atoms with Crippen LogP contribution in [0.2, 0.25) is 0 Å². The van der Waals surface area contributed by atoms with Crippen molar-refractivity contribution >= 4 is 11.9 Å². The highest BCUT2D eigenvalue weighted by Gasteiger charge is 1.91. The predicted molar refractivity (Wildman–Crippen MR) is 100 cm³/mol. The Bertz CT molecular complexity index is 312. The lowest BCUT2D eigenvalue weighted by molar-refractivity contribution is -0.137. The minimum atomic E-state index is -0.715. The average Bonchev–Trinajstić information content (AvgIpc) is 2.53. The highest BCUT2D eigenvalue weighted by molar-refractivity contribution is 5.67. The molecule has 0 aliphatic heterocycles. The second-order valence-corrected chi connectivity index (χ2v) is 5.80. The van der Waals surface area contributed by atoms with E-state index in [1.807, 2.05) is 12.2 Å². The third kappa shape index (κ3) is 28.6. The van der Waals surface area contributed by atoms with Gasteiger partial charge in [0.2, 0.25) is 0 Å². The Morgan fingerprint density at radius 2 is 0.958 bits per heavy atom. The van der Waals surface area contributed by atoms with Gasteiger partial charge in [-0.15, -0.1) is 0 Å². The normalized spacial score (nSPS) is 10.8. The maximum atomic E-state index is 10.1. The van der Waals surface area contributed by atoms with Crippen molar-refractivity contribution in [3.8, 4) is 0 Å². The van der Waals surface area contributed by atoms with E-state index in [4.69, 9.17) is 10.2 Å². The van der Waals surface area contributed by atoms with Crippen molar-refractivity contribution in [2.75, 3.05) is 0 Å². The zero-order valence-electron chi connectivity index (χ0n) is 15.5. The first-order valence-corrected chi connectivity index (χ1v) is 9.28. The molecule has 0 aliphatic carbocycles. The molecule has 0 atom stereocenters. The largest absolute Gasteiger partial charge is 0.481 e. The van der Waals surface area contributed by atoms with Crippen LogP contribution < -0.4 is 0 Å². The Kier molecular flexibility index (Phi) is 22.0. The molecule has 0 heterocycles. The Labute approximate surface area is 147 Å². The Hall–Kier alpha value is -1.58. The highest BCUT2D eigenvalue weighted by Crippen LogP contribution is 2.01. The standard InChI is InChI=1S/2C10H18O2/c2*1-2-3-4-5-6-7-8-9-10(11)12/h2*6-7H,2-5,8-9H2,1H3,(H,11,12)/b7-6-;. The molecule has 0 radical (unpaired) electrons. The first-order valence-electron chi connectivity index (χ1n) is 9.28. The van der Waals surface area contributed by atoms with Crippen LogP contribution in [0.25, 0.3) is 0 Å². The number of rotatable bonds is 14. The summed E-state index contributed by atoms with van der Waals surface area (Å²) >= 11 is 0. The van der Waals surface area contributed by atoms with Crippen molar-refractivity contribution in [2.24, 2.45) is 0 Å². The minimum Gasteiger partial charge on any atom is -0.481 e. The summed E-state index contributed by atoms with van der Waals surface area (Å²) in [4.78, 5) is 20.2. The van der Waals surface area contributed by atoms with Gasteiger partial charge < -0.3 is 10.2 Å². The summed E-state index contributed by atoms with van der Waals surface area (Å²) in [6, 6.07) is 0. The molecule has 0 saturated carbocycles.